The fourth-order valence-electron chi connectivity index (χ4n) is 2.40. The molecule has 94 valence electrons. The summed E-state index contributed by atoms with van der Waals surface area (Å²) in [6.45, 7) is 7.19. The summed E-state index contributed by atoms with van der Waals surface area (Å²) in [7, 11) is 0. The number of aryl methyl sites for hydroxylation is 1. The Morgan fingerprint density at radius 1 is 1.06 bits per heavy atom. The summed E-state index contributed by atoms with van der Waals surface area (Å²) >= 11 is 0. The van der Waals surface area contributed by atoms with Crippen molar-refractivity contribution >= 4 is 0 Å². The molecule has 2 aromatic carbocycles. The number of hydrogen-bond acceptors (Lipinski definition) is 1. The molecular formula is C17H21N. The summed E-state index contributed by atoms with van der Waals surface area (Å²) < 4.78 is 0. The van der Waals surface area contributed by atoms with Crippen LogP contribution < -0.4 is 5.73 Å². The molecular weight excluding hydrogens is 218 g/mol. The van der Waals surface area contributed by atoms with Crippen molar-refractivity contribution in [1.82, 2.24) is 0 Å². The van der Waals surface area contributed by atoms with Crippen molar-refractivity contribution in [2.45, 2.75) is 33.2 Å². The van der Waals surface area contributed by atoms with Gasteiger partial charge in [0.25, 0.3) is 0 Å². The van der Waals surface area contributed by atoms with Gasteiger partial charge in [-0.25, -0.2) is 0 Å². The molecule has 0 aliphatic rings. The Morgan fingerprint density at radius 3 is 2.44 bits per heavy atom. The second kappa shape index (κ2) is 5.36. The van der Waals surface area contributed by atoms with Gasteiger partial charge in [-0.1, -0.05) is 55.8 Å². The molecule has 18 heavy (non-hydrogen) atoms. The second-order valence-electron chi connectivity index (χ2n) is 5.15. The van der Waals surface area contributed by atoms with Crippen LogP contribution in [0.1, 0.15) is 36.5 Å². The van der Waals surface area contributed by atoms with Crippen LogP contribution in [-0.4, -0.2) is 0 Å². The molecule has 0 radical (unpaired) electrons. The molecule has 1 nitrogen and oxygen atoms in total. The van der Waals surface area contributed by atoms with Gasteiger partial charge in [-0.15, -0.1) is 0 Å². The van der Waals surface area contributed by atoms with E-state index in [-0.39, 0.29) is 0 Å². The number of nitrogens with two attached hydrogens (primary N) is 1. The lowest BCUT2D eigenvalue weighted by molar-refractivity contribution is 0.869. The highest BCUT2D eigenvalue weighted by Gasteiger charge is 2.08. The number of benzene rings is 2. The average molecular weight is 239 g/mol. The van der Waals surface area contributed by atoms with Crippen LogP contribution in [0.2, 0.25) is 0 Å². The lowest BCUT2D eigenvalue weighted by Gasteiger charge is -2.14. The van der Waals surface area contributed by atoms with Gasteiger partial charge < -0.3 is 5.73 Å². The third-order valence-electron chi connectivity index (χ3n) is 3.27. The lowest BCUT2D eigenvalue weighted by atomic mass is 9.91. The zero-order valence-corrected chi connectivity index (χ0v) is 11.4. The third-order valence-corrected chi connectivity index (χ3v) is 3.27. The van der Waals surface area contributed by atoms with E-state index in [1.54, 1.807) is 0 Å². The van der Waals surface area contributed by atoms with Crippen LogP contribution in [-0.2, 0) is 6.54 Å². The minimum atomic E-state index is 0.531. The molecule has 0 amide bonds. The highest BCUT2D eigenvalue weighted by molar-refractivity contribution is 5.69. The predicted molar refractivity (Wildman–Crippen MR) is 78.6 cm³/mol. The molecule has 0 saturated heterocycles. The van der Waals surface area contributed by atoms with E-state index in [4.69, 9.17) is 5.73 Å². The van der Waals surface area contributed by atoms with Gasteiger partial charge in [0.1, 0.15) is 0 Å². The number of rotatable bonds is 3. The van der Waals surface area contributed by atoms with E-state index in [1.807, 2.05) is 0 Å². The largest absolute Gasteiger partial charge is 0.326 e. The molecule has 0 heterocycles. The summed E-state index contributed by atoms with van der Waals surface area (Å²) in [6, 6.07) is 15.2. The summed E-state index contributed by atoms with van der Waals surface area (Å²) in [5.41, 5.74) is 12.2. The Kier molecular flexibility index (Phi) is 3.83. The lowest BCUT2D eigenvalue weighted by Crippen LogP contribution is -1.98. The van der Waals surface area contributed by atoms with E-state index >= 15 is 0 Å². The number of hydrogen-bond donors (Lipinski definition) is 1. The van der Waals surface area contributed by atoms with Crippen molar-refractivity contribution in [3.8, 4) is 11.1 Å². The molecule has 0 unspecified atom stereocenters. The van der Waals surface area contributed by atoms with E-state index in [0.29, 0.717) is 12.5 Å². The molecule has 0 bridgehead atoms. The standard InChI is InChI=1S/C17H21N/c1-12(2)16-6-4-5-7-17(16)15-9-13(3)8-14(10-15)11-18/h4-10,12H,11,18H2,1-3H3. The first-order valence-corrected chi connectivity index (χ1v) is 6.51. The van der Waals surface area contributed by atoms with Crippen LogP contribution in [0.15, 0.2) is 42.5 Å². The third kappa shape index (κ3) is 2.62. The first-order valence-electron chi connectivity index (χ1n) is 6.51. The smallest absolute Gasteiger partial charge is 0.0178 e. The monoisotopic (exact) mass is 239 g/mol. The minimum absolute atomic E-state index is 0.531. The maximum absolute atomic E-state index is 5.76. The summed E-state index contributed by atoms with van der Waals surface area (Å²) in [5, 5.41) is 0. The molecule has 2 aromatic rings. The van der Waals surface area contributed by atoms with Gasteiger partial charge in [0, 0.05) is 6.54 Å². The molecule has 2 N–H and O–H groups in total. The van der Waals surface area contributed by atoms with E-state index in [1.165, 1.54) is 27.8 Å². The average Bonchev–Trinajstić information content (AvgIpc) is 2.38. The maximum Gasteiger partial charge on any atom is 0.0178 e. The molecule has 0 aliphatic heterocycles. The molecule has 0 spiro atoms. The van der Waals surface area contributed by atoms with Crippen LogP contribution in [0.4, 0.5) is 0 Å². The Labute approximate surface area is 110 Å². The molecule has 0 aromatic heterocycles. The van der Waals surface area contributed by atoms with E-state index in [0.717, 1.165) is 0 Å². The van der Waals surface area contributed by atoms with Crippen molar-refractivity contribution in [3.05, 3.63) is 59.2 Å². The first-order chi connectivity index (χ1) is 8.61. The van der Waals surface area contributed by atoms with Crippen molar-refractivity contribution in [2.75, 3.05) is 0 Å². The molecule has 0 fully saturated rings. The van der Waals surface area contributed by atoms with Crippen LogP contribution in [0, 0.1) is 6.92 Å². The zero-order chi connectivity index (χ0) is 13.1. The first kappa shape index (κ1) is 12.8. The van der Waals surface area contributed by atoms with Crippen LogP contribution in [0.25, 0.3) is 11.1 Å². The SMILES string of the molecule is Cc1cc(CN)cc(-c2ccccc2C(C)C)c1. The zero-order valence-electron chi connectivity index (χ0n) is 11.4. The van der Waals surface area contributed by atoms with Crippen molar-refractivity contribution < 1.29 is 0 Å². The summed E-state index contributed by atoms with van der Waals surface area (Å²) in [4.78, 5) is 0. The van der Waals surface area contributed by atoms with Gasteiger partial charge in [0.2, 0.25) is 0 Å². The van der Waals surface area contributed by atoms with Gasteiger partial charge in [-0.2, -0.15) is 0 Å². The van der Waals surface area contributed by atoms with Crippen LogP contribution in [0.3, 0.4) is 0 Å². The Bertz CT molecular complexity index is 541. The summed E-state index contributed by atoms with van der Waals surface area (Å²) in [6.07, 6.45) is 0. The molecule has 2 rings (SSSR count). The molecule has 1 heteroatoms. The fourth-order valence-corrected chi connectivity index (χ4v) is 2.40. The van der Waals surface area contributed by atoms with E-state index < -0.39 is 0 Å². The Hall–Kier alpha value is -1.60. The van der Waals surface area contributed by atoms with Crippen molar-refractivity contribution in [2.24, 2.45) is 5.73 Å². The molecule has 0 saturated carbocycles. The van der Waals surface area contributed by atoms with Crippen molar-refractivity contribution in [3.63, 3.8) is 0 Å². The fraction of sp³-hybridized carbons (Fsp3) is 0.294. The van der Waals surface area contributed by atoms with Gasteiger partial charge in [0.05, 0.1) is 0 Å². The normalized spacial score (nSPS) is 10.9. The Morgan fingerprint density at radius 2 is 1.78 bits per heavy atom. The second-order valence-corrected chi connectivity index (χ2v) is 5.15. The van der Waals surface area contributed by atoms with Gasteiger partial charge >= 0.3 is 0 Å². The topological polar surface area (TPSA) is 26.0 Å². The maximum atomic E-state index is 5.76. The highest BCUT2D eigenvalue weighted by Crippen LogP contribution is 2.30. The molecule has 0 aliphatic carbocycles. The predicted octanol–water partition coefficient (Wildman–Crippen LogP) is 4.24. The minimum Gasteiger partial charge on any atom is -0.326 e. The molecule has 0 atom stereocenters. The van der Waals surface area contributed by atoms with Crippen LogP contribution in [0.5, 0.6) is 0 Å². The Balaban J connectivity index is 2.58. The van der Waals surface area contributed by atoms with Gasteiger partial charge in [-0.3, -0.25) is 0 Å². The van der Waals surface area contributed by atoms with E-state index in [9.17, 15) is 0 Å². The quantitative estimate of drug-likeness (QED) is 0.851. The van der Waals surface area contributed by atoms with E-state index in [2.05, 4.69) is 63.2 Å². The highest BCUT2D eigenvalue weighted by atomic mass is 14.5. The van der Waals surface area contributed by atoms with Gasteiger partial charge in [0.15, 0.2) is 0 Å². The van der Waals surface area contributed by atoms with Crippen LogP contribution >= 0.6 is 0 Å². The summed E-state index contributed by atoms with van der Waals surface area (Å²) in [5.74, 6) is 0.531. The van der Waals surface area contributed by atoms with Gasteiger partial charge in [-0.05, 0) is 41.2 Å². The van der Waals surface area contributed by atoms with Crippen molar-refractivity contribution in [1.29, 1.82) is 0 Å².